The second-order valence-corrected chi connectivity index (χ2v) is 6.34. The fourth-order valence-electron chi connectivity index (χ4n) is 1.97. The third kappa shape index (κ3) is 4.32. The summed E-state index contributed by atoms with van der Waals surface area (Å²) in [5.74, 6) is -0.507. The van der Waals surface area contributed by atoms with Crippen molar-refractivity contribution < 1.29 is 9.59 Å². The van der Waals surface area contributed by atoms with Crippen LogP contribution in [0.15, 0.2) is 43.1 Å². The normalized spacial score (nSPS) is 10.6. The number of carbonyl (C=O) groups is 2. The second-order valence-electron chi connectivity index (χ2n) is 6.34. The van der Waals surface area contributed by atoms with Crippen molar-refractivity contribution in [2.75, 3.05) is 10.6 Å². The number of nitrogens with one attached hydrogen (secondary N) is 2. The van der Waals surface area contributed by atoms with Crippen molar-refractivity contribution in [3.63, 3.8) is 0 Å². The fourth-order valence-corrected chi connectivity index (χ4v) is 1.97. The molecular formula is C18H19N5O2. The molecule has 0 atom stereocenters. The third-order valence-corrected chi connectivity index (χ3v) is 3.35. The van der Waals surface area contributed by atoms with Crippen molar-refractivity contribution in [1.82, 2.24) is 9.78 Å². The monoisotopic (exact) mass is 337 g/mol. The molecule has 128 valence electrons. The van der Waals surface area contributed by atoms with Crippen LogP contribution >= 0.6 is 0 Å². The lowest BCUT2D eigenvalue weighted by molar-refractivity contribution is -0.111. The molecule has 1 aromatic heterocycles. The van der Waals surface area contributed by atoms with Crippen molar-refractivity contribution in [2.24, 2.45) is 0 Å². The fraction of sp³-hybridized carbons (Fsp3) is 0.222. The summed E-state index contributed by atoms with van der Waals surface area (Å²) in [6.07, 6.45) is 2.76. The molecule has 2 rings (SSSR count). The van der Waals surface area contributed by atoms with Crippen LogP contribution in [0.2, 0.25) is 0 Å². The first-order valence-electron chi connectivity index (χ1n) is 7.59. The van der Waals surface area contributed by atoms with Crippen LogP contribution in [0.3, 0.4) is 0 Å². The van der Waals surface area contributed by atoms with E-state index in [-0.39, 0.29) is 22.8 Å². The van der Waals surface area contributed by atoms with Gasteiger partial charge in [0.15, 0.2) is 5.82 Å². The predicted molar refractivity (Wildman–Crippen MR) is 95.2 cm³/mol. The molecule has 2 aromatic rings. The number of anilines is 2. The van der Waals surface area contributed by atoms with Gasteiger partial charge in [0.1, 0.15) is 11.6 Å². The number of nitriles is 1. The van der Waals surface area contributed by atoms with Crippen LogP contribution < -0.4 is 10.6 Å². The summed E-state index contributed by atoms with van der Waals surface area (Å²) in [6.45, 7) is 9.22. The van der Waals surface area contributed by atoms with Gasteiger partial charge in [-0.05, 0) is 51.1 Å². The quantitative estimate of drug-likeness (QED) is 0.838. The van der Waals surface area contributed by atoms with Gasteiger partial charge in [0, 0.05) is 17.4 Å². The molecule has 7 nitrogen and oxygen atoms in total. The van der Waals surface area contributed by atoms with Gasteiger partial charge in [0.2, 0.25) is 5.91 Å². The Morgan fingerprint density at radius 2 is 1.88 bits per heavy atom. The molecule has 0 unspecified atom stereocenters. The van der Waals surface area contributed by atoms with Crippen LogP contribution in [0.4, 0.5) is 11.5 Å². The van der Waals surface area contributed by atoms with Gasteiger partial charge in [-0.2, -0.15) is 10.4 Å². The van der Waals surface area contributed by atoms with Gasteiger partial charge in [-0.3, -0.25) is 14.3 Å². The highest BCUT2D eigenvalue weighted by Crippen LogP contribution is 2.20. The van der Waals surface area contributed by atoms with Gasteiger partial charge < -0.3 is 10.6 Å². The minimum absolute atomic E-state index is 0.214. The van der Waals surface area contributed by atoms with Crippen molar-refractivity contribution >= 4 is 23.3 Å². The molecule has 0 aliphatic heterocycles. The predicted octanol–water partition coefficient (Wildman–Crippen LogP) is 2.89. The van der Waals surface area contributed by atoms with E-state index >= 15 is 0 Å². The number of amides is 2. The molecule has 0 saturated heterocycles. The zero-order chi connectivity index (χ0) is 18.6. The maximum Gasteiger partial charge on any atom is 0.256 e. The molecule has 0 fully saturated rings. The average molecular weight is 337 g/mol. The van der Waals surface area contributed by atoms with Gasteiger partial charge >= 0.3 is 0 Å². The molecule has 0 aliphatic rings. The van der Waals surface area contributed by atoms with Crippen molar-refractivity contribution in [3.8, 4) is 6.07 Å². The molecule has 7 heteroatoms. The molecule has 0 spiro atoms. The van der Waals surface area contributed by atoms with E-state index < -0.39 is 5.91 Å². The van der Waals surface area contributed by atoms with E-state index in [0.717, 1.165) is 6.08 Å². The van der Waals surface area contributed by atoms with Crippen LogP contribution in [-0.2, 0) is 10.3 Å². The highest BCUT2D eigenvalue weighted by molar-refractivity contribution is 6.05. The van der Waals surface area contributed by atoms with E-state index in [0.29, 0.717) is 11.3 Å². The first-order valence-corrected chi connectivity index (χ1v) is 7.59. The zero-order valence-corrected chi connectivity index (χ0v) is 14.3. The third-order valence-electron chi connectivity index (χ3n) is 3.35. The Bertz CT molecular complexity index is 851. The van der Waals surface area contributed by atoms with E-state index in [1.807, 2.05) is 26.8 Å². The Morgan fingerprint density at radius 3 is 2.40 bits per heavy atom. The summed E-state index contributed by atoms with van der Waals surface area (Å²) in [5, 5.41) is 18.7. The lowest BCUT2D eigenvalue weighted by Crippen LogP contribution is -2.22. The van der Waals surface area contributed by atoms with Crippen LogP contribution in [0, 0.1) is 11.3 Å². The van der Waals surface area contributed by atoms with Crippen molar-refractivity contribution in [2.45, 2.75) is 26.3 Å². The number of benzene rings is 1. The van der Waals surface area contributed by atoms with E-state index in [9.17, 15) is 14.9 Å². The number of carbonyl (C=O) groups excluding carboxylic acids is 2. The molecule has 0 radical (unpaired) electrons. The number of rotatable bonds is 4. The number of hydrogen-bond acceptors (Lipinski definition) is 4. The van der Waals surface area contributed by atoms with E-state index in [2.05, 4.69) is 22.3 Å². The SMILES string of the molecule is C=CC(=O)Nc1ccc(C(=O)Nc2nn(C(C)(C)C)cc2C#N)cc1. The Morgan fingerprint density at radius 1 is 1.24 bits per heavy atom. The maximum atomic E-state index is 12.4. The van der Waals surface area contributed by atoms with E-state index in [1.165, 1.54) is 0 Å². The largest absolute Gasteiger partial charge is 0.323 e. The van der Waals surface area contributed by atoms with Gasteiger partial charge in [0.25, 0.3) is 5.91 Å². The molecule has 2 N–H and O–H groups in total. The first kappa shape index (κ1) is 17.9. The highest BCUT2D eigenvalue weighted by atomic mass is 16.2. The lowest BCUT2D eigenvalue weighted by Gasteiger charge is -2.18. The standard InChI is InChI=1S/C18H19N5O2/c1-5-15(24)20-14-8-6-12(7-9-14)17(25)21-16-13(10-19)11-23(22-16)18(2,3)4/h5-9,11H,1H2,2-4H3,(H,20,24)(H,21,22,25). The summed E-state index contributed by atoms with van der Waals surface area (Å²) < 4.78 is 1.63. The minimum Gasteiger partial charge on any atom is -0.323 e. The first-order chi connectivity index (χ1) is 11.7. The zero-order valence-electron chi connectivity index (χ0n) is 14.3. The Hall–Kier alpha value is -3.40. The lowest BCUT2D eigenvalue weighted by atomic mass is 10.1. The van der Waals surface area contributed by atoms with Gasteiger partial charge in [-0.15, -0.1) is 0 Å². The van der Waals surface area contributed by atoms with Gasteiger partial charge in [-0.25, -0.2) is 0 Å². The van der Waals surface area contributed by atoms with Crippen LogP contribution in [0.1, 0.15) is 36.7 Å². The summed E-state index contributed by atoms with van der Waals surface area (Å²) in [6, 6.07) is 8.38. The summed E-state index contributed by atoms with van der Waals surface area (Å²) in [4.78, 5) is 23.6. The number of nitrogens with zero attached hydrogens (tertiary/aromatic N) is 3. The summed E-state index contributed by atoms with van der Waals surface area (Å²) in [7, 11) is 0. The topological polar surface area (TPSA) is 99.8 Å². The molecule has 0 saturated carbocycles. The molecule has 1 heterocycles. The van der Waals surface area contributed by atoms with E-state index in [4.69, 9.17) is 0 Å². The molecular weight excluding hydrogens is 318 g/mol. The summed E-state index contributed by atoms with van der Waals surface area (Å²) in [5.41, 5.74) is 0.916. The number of hydrogen-bond donors (Lipinski definition) is 2. The van der Waals surface area contributed by atoms with Crippen LogP contribution in [0.5, 0.6) is 0 Å². The summed E-state index contributed by atoms with van der Waals surface area (Å²) >= 11 is 0. The second kappa shape index (κ2) is 7.01. The van der Waals surface area contributed by atoms with Gasteiger partial charge in [0.05, 0.1) is 5.54 Å². The van der Waals surface area contributed by atoms with Crippen LogP contribution in [0.25, 0.3) is 0 Å². The molecule has 1 aromatic carbocycles. The Labute approximate surface area is 146 Å². The highest BCUT2D eigenvalue weighted by Gasteiger charge is 2.19. The van der Waals surface area contributed by atoms with Crippen molar-refractivity contribution in [3.05, 3.63) is 54.2 Å². The molecule has 2 amide bonds. The van der Waals surface area contributed by atoms with Crippen LogP contribution in [-0.4, -0.2) is 21.6 Å². The Balaban J connectivity index is 2.17. The average Bonchev–Trinajstić information content (AvgIpc) is 2.98. The minimum atomic E-state index is -0.391. The van der Waals surface area contributed by atoms with Crippen molar-refractivity contribution in [1.29, 1.82) is 5.26 Å². The molecule has 25 heavy (non-hydrogen) atoms. The molecule has 0 aliphatic carbocycles. The van der Waals surface area contributed by atoms with Gasteiger partial charge in [-0.1, -0.05) is 6.58 Å². The maximum absolute atomic E-state index is 12.4. The van der Waals surface area contributed by atoms with E-state index in [1.54, 1.807) is 35.1 Å². The smallest absolute Gasteiger partial charge is 0.256 e. The Kier molecular flexibility index (Phi) is 5.03. The molecule has 0 bridgehead atoms. The number of aromatic nitrogens is 2.